The summed E-state index contributed by atoms with van der Waals surface area (Å²) in [5.41, 5.74) is 2.37. The lowest BCUT2D eigenvalue weighted by molar-refractivity contribution is 0.102. The number of aryl methyl sites for hydroxylation is 1. The first-order chi connectivity index (χ1) is 14.5. The minimum atomic E-state index is -0.352. The summed E-state index contributed by atoms with van der Waals surface area (Å²) in [6.45, 7) is 2.58. The zero-order valence-corrected chi connectivity index (χ0v) is 17.8. The van der Waals surface area contributed by atoms with Crippen LogP contribution in [0.25, 0.3) is 0 Å². The Bertz CT molecular complexity index is 1090. The number of nitrogens with one attached hydrogen (secondary N) is 2. The van der Waals surface area contributed by atoms with Crippen LogP contribution in [0.15, 0.2) is 48.5 Å². The Morgan fingerprint density at radius 2 is 1.97 bits per heavy atom. The molecule has 7 nitrogen and oxygen atoms in total. The first-order valence-electron chi connectivity index (χ1n) is 9.55. The number of urea groups is 1. The number of amides is 3. The van der Waals surface area contributed by atoms with Crippen molar-refractivity contribution in [2.45, 2.75) is 25.8 Å². The number of halogens is 1. The van der Waals surface area contributed by atoms with Crippen LogP contribution in [0, 0.1) is 6.92 Å². The van der Waals surface area contributed by atoms with Crippen molar-refractivity contribution in [2.75, 3.05) is 17.2 Å². The average Bonchev–Trinajstić information content (AvgIpc) is 3.39. The number of para-hydroxylation sites is 1. The van der Waals surface area contributed by atoms with E-state index in [2.05, 4.69) is 20.8 Å². The zero-order chi connectivity index (χ0) is 21.1. The maximum atomic E-state index is 12.8. The smallest absolute Gasteiger partial charge is 0.320 e. The van der Waals surface area contributed by atoms with Crippen molar-refractivity contribution in [3.63, 3.8) is 0 Å². The molecule has 0 saturated carbocycles. The summed E-state index contributed by atoms with van der Waals surface area (Å²) in [5, 5.41) is 15.4. The molecule has 3 aromatic rings. The zero-order valence-electron chi connectivity index (χ0n) is 16.3. The van der Waals surface area contributed by atoms with E-state index in [9.17, 15) is 9.59 Å². The Labute approximate surface area is 183 Å². The van der Waals surface area contributed by atoms with Crippen molar-refractivity contribution in [3.05, 3.63) is 69.1 Å². The molecule has 1 aliphatic heterocycles. The molecule has 30 heavy (non-hydrogen) atoms. The molecule has 1 saturated heterocycles. The first kappa shape index (κ1) is 20.3. The molecule has 2 aromatic carbocycles. The Hall–Kier alpha value is -2.97. The molecule has 1 atom stereocenters. The number of carbonyl (C=O) groups excluding carboxylic acids is 2. The van der Waals surface area contributed by atoms with Crippen LogP contribution in [0.5, 0.6) is 0 Å². The van der Waals surface area contributed by atoms with Gasteiger partial charge in [-0.3, -0.25) is 4.79 Å². The van der Waals surface area contributed by atoms with Crippen LogP contribution in [0.2, 0.25) is 5.02 Å². The fourth-order valence-electron chi connectivity index (χ4n) is 3.38. The van der Waals surface area contributed by atoms with Gasteiger partial charge in [0.15, 0.2) is 0 Å². The third kappa shape index (κ3) is 4.44. The van der Waals surface area contributed by atoms with E-state index < -0.39 is 0 Å². The fourth-order valence-corrected chi connectivity index (χ4v) is 4.46. The lowest BCUT2D eigenvalue weighted by Gasteiger charge is -2.23. The third-order valence-corrected chi connectivity index (χ3v) is 6.16. The molecule has 0 spiro atoms. The molecule has 0 bridgehead atoms. The highest BCUT2D eigenvalue weighted by atomic mass is 35.5. The van der Waals surface area contributed by atoms with E-state index in [1.54, 1.807) is 29.2 Å². The standard InChI is InChI=1S/C21H20ClN5O2S/c1-13-6-2-3-9-16(13)24-21(29)27-11-5-10-17(27)19-25-26-20(30-19)18(28)23-15-8-4-7-14(22)12-15/h2-4,6-9,12,17H,5,10-11H2,1H3,(H,23,28)(H,24,29)/t17-/m1/s1. The van der Waals surface area contributed by atoms with Crippen LogP contribution in [0.1, 0.15) is 39.3 Å². The third-order valence-electron chi connectivity index (χ3n) is 4.90. The summed E-state index contributed by atoms with van der Waals surface area (Å²) in [5.74, 6) is -0.352. The fraction of sp³-hybridized carbons (Fsp3) is 0.238. The number of anilines is 2. The molecule has 2 N–H and O–H groups in total. The van der Waals surface area contributed by atoms with Gasteiger partial charge in [-0.15, -0.1) is 10.2 Å². The summed E-state index contributed by atoms with van der Waals surface area (Å²) < 4.78 is 0. The molecule has 1 aromatic heterocycles. The van der Waals surface area contributed by atoms with E-state index in [0.29, 0.717) is 22.3 Å². The SMILES string of the molecule is Cc1ccccc1NC(=O)N1CCC[C@@H]1c1nnc(C(=O)Nc2cccc(Cl)c2)s1. The predicted octanol–water partition coefficient (Wildman–Crippen LogP) is 5.12. The van der Waals surface area contributed by atoms with Crippen LogP contribution in [-0.2, 0) is 0 Å². The van der Waals surface area contributed by atoms with Gasteiger partial charge in [-0.1, -0.05) is 47.2 Å². The Morgan fingerprint density at radius 3 is 2.77 bits per heavy atom. The molecule has 4 rings (SSSR count). The number of aromatic nitrogens is 2. The molecule has 0 aliphatic carbocycles. The molecular weight excluding hydrogens is 422 g/mol. The second-order valence-corrected chi connectivity index (χ2v) is 8.45. The van der Waals surface area contributed by atoms with Gasteiger partial charge in [0.2, 0.25) is 5.01 Å². The summed E-state index contributed by atoms with van der Waals surface area (Å²) >= 11 is 7.16. The summed E-state index contributed by atoms with van der Waals surface area (Å²) in [4.78, 5) is 27.1. The largest absolute Gasteiger partial charge is 0.322 e. The van der Waals surface area contributed by atoms with Gasteiger partial charge in [-0.25, -0.2) is 4.79 Å². The summed E-state index contributed by atoms with van der Waals surface area (Å²) in [6.07, 6.45) is 1.65. The highest BCUT2D eigenvalue weighted by molar-refractivity contribution is 7.13. The Kier molecular flexibility index (Phi) is 5.96. The van der Waals surface area contributed by atoms with Gasteiger partial charge in [0, 0.05) is 22.9 Å². The minimum Gasteiger partial charge on any atom is -0.320 e. The number of benzene rings is 2. The Morgan fingerprint density at radius 1 is 1.13 bits per heavy atom. The van der Waals surface area contributed by atoms with Gasteiger partial charge >= 0.3 is 6.03 Å². The maximum Gasteiger partial charge on any atom is 0.322 e. The van der Waals surface area contributed by atoms with E-state index in [1.165, 1.54) is 11.3 Å². The molecule has 1 fully saturated rings. The summed E-state index contributed by atoms with van der Waals surface area (Å²) in [7, 11) is 0. The van der Waals surface area contributed by atoms with Crippen LogP contribution in [0.4, 0.5) is 16.2 Å². The lowest BCUT2D eigenvalue weighted by atomic mass is 10.2. The van der Waals surface area contributed by atoms with Gasteiger partial charge in [-0.2, -0.15) is 0 Å². The number of likely N-dealkylation sites (tertiary alicyclic amines) is 1. The van der Waals surface area contributed by atoms with Crippen molar-refractivity contribution in [1.82, 2.24) is 15.1 Å². The topological polar surface area (TPSA) is 87.2 Å². The van der Waals surface area contributed by atoms with Gasteiger partial charge < -0.3 is 15.5 Å². The van der Waals surface area contributed by atoms with Crippen LogP contribution < -0.4 is 10.6 Å². The second-order valence-electron chi connectivity index (χ2n) is 7.01. The molecule has 2 heterocycles. The summed E-state index contributed by atoms with van der Waals surface area (Å²) in [6, 6.07) is 14.2. The number of hydrogen-bond donors (Lipinski definition) is 2. The highest BCUT2D eigenvalue weighted by Gasteiger charge is 2.33. The Balaban J connectivity index is 1.46. The van der Waals surface area contributed by atoms with Gasteiger partial charge in [0.25, 0.3) is 5.91 Å². The molecule has 0 unspecified atom stereocenters. The van der Waals surface area contributed by atoms with Crippen molar-refractivity contribution < 1.29 is 9.59 Å². The van der Waals surface area contributed by atoms with E-state index in [1.807, 2.05) is 31.2 Å². The maximum absolute atomic E-state index is 12.8. The average molecular weight is 442 g/mol. The highest BCUT2D eigenvalue weighted by Crippen LogP contribution is 2.34. The molecular formula is C21H20ClN5O2S. The quantitative estimate of drug-likeness (QED) is 0.588. The number of carbonyl (C=O) groups is 2. The van der Waals surface area contributed by atoms with Crippen LogP contribution >= 0.6 is 22.9 Å². The first-order valence-corrected chi connectivity index (χ1v) is 10.7. The van der Waals surface area contributed by atoms with Gasteiger partial charge in [0.1, 0.15) is 5.01 Å². The van der Waals surface area contributed by atoms with Crippen molar-refractivity contribution >= 4 is 46.3 Å². The van der Waals surface area contributed by atoms with E-state index in [4.69, 9.17) is 11.6 Å². The van der Waals surface area contributed by atoms with E-state index in [0.717, 1.165) is 24.1 Å². The minimum absolute atomic E-state index is 0.174. The molecule has 154 valence electrons. The van der Waals surface area contributed by atoms with Crippen molar-refractivity contribution in [2.24, 2.45) is 0 Å². The molecule has 9 heteroatoms. The van der Waals surface area contributed by atoms with E-state index >= 15 is 0 Å². The number of hydrogen-bond acceptors (Lipinski definition) is 5. The van der Waals surface area contributed by atoms with Crippen LogP contribution in [-0.4, -0.2) is 33.6 Å². The van der Waals surface area contributed by atoms with Gasteiger partial charge in [0.05, 0.1) is 6.04 Å². The normalized spacial score (nSPS) is 15.8. The molecule has 1 aliphatic rings. The number of rotatable bonds is 4. The van der Waals surface area contributed by atoms with E-state index in [-0.39, 0.29) is 23.0 Å². The second kappa shape index (κ2) is 8.81. The predicted molar refractivity (Wildman–Crippen MR) is 118 cm³/mol. The van der Waals surface area contributed by atoms with Crippen LogP contribution in [0.3, 0.4) is 0 Å². The van der Waals surface area contributed by atoms with Gasteiger partial charge in [-0.05, 0) is 49.6 Å². The molecule has 0 radical (unpaired) electrons. The molecule has 3 amide bonds. The lowest BCUT2D eigenvalue weighted by Crippen LogP contribution is -2.34. The monoisotopic (exact) mass is 441 g/mol. The number of nitrogens with zero attached hydrogens (tertiary/aromatic N) is 3. The van der Waals surface area contributed by atoms with Crippen molar-refractivity contribution in [3.8, 4) is 0 Å². The van der Waals surface area contributed by atoms with Crippen molar-refractivity contribution in [1.29, 1.82) is 0 Å².